The minimum atomic E-state index is -2.67. The molecule has 0 bridgehead atoms. The molecule has 2 aliphatic heterocycles. The molecule has 6 aromatic heterocycles. The van der Waals surface area contributed by atoms with Gasteiger partial charge in [-0.3, -0.25) is 29.8 Å². The van der Waals surface area contributed by atoms with Crippen LogP contribution in [-0.4, -0.2) is 69.4 Å². The highest BCUT2D eigenvalue weighted by atomic mass is 28.4. The van der Waals surface area contributed by atoms with Crippen molar-refractivity contribution in [1.82, 2.24) is 29.7 Å². The Kier molecular flexibility index (Phi) is 12.9. The summed E-state index contributed by atoms with van der Waals surface area (Å²) in [4.78, 5) is 60.9. The molecule has 10 aromatic rings. The number of para-hydroxylation sites is 2. The molecule has 4 aromatic carbocycles. The maximum absolute atomic E-state index is 13.3. The number of carbonyl (C=O) groups excluding carboxylic acids is 4. The van der Waals surface area contributed by atoms with E-state index in [0.717, 1.165) is 33.6 Å². The third-order valence-electron chi connectivity index (χ3n) is 13.8. The van der Waals surface area contributed by atoms with Gasteiger partial charge in [0.1, 0.15) is 34.0 Å². The number of furan rings is 2. The fourth-order valence-corrected chi connectivity index (χ4v) is 15.2. The Morgan fingerprint density at radius 3 is 1.41 bits per heavy atom. The van der Waals surface area contributed by atoms with Crippen LogP contribution in [0.4, 0.5) is 0 Å². The van der Waals surface area contributed by atoms with Crippen LogP contribution < -0.4 is 21.0 Å². The Morgan fingerprint density at radius 1 is 0.547 bits per heavy atom. The van der Waals surface area contributed by atoms with Crippen LogP contribution in [0.1, 0.15) is 56.3 Å². The van der Waals surface area contributed by atoms with Crippen LogP contribution in [0.5, 0.6) is 0 Å². The number of rotatable bonds is 14. The molecule has 0 unspecified atom stereocenters. The lowest BCUT2D eigenvalue weighted by Gasteiger charge is -2.43. The van der Waals surface area contributed by atoms with E-state index in [1.54, 1.807) is 24.5 Å². The smallest absolute Gasteiger partial charge is 0.262 e. The Labute approximate surface area is 432 Å². The number of nitrogens with zero attached hydrogens (tertiary/aromatic N) is 4. The van der Waals surface area contributed by atoms with Gasteiger partial charge in [-0.1, -0.05) is 118 Å². The van der Waals surface area contributed by atoms with Crippen molar-refractivity contribution in [1.29, 1.82) is 0 Å². The molecule has 0 aliphatic carbocycles. The minimum Gasteiger partial charge on any atom is -0.456 e. The van der Waals surface area contributed by atoms with Crippen LogP contribution in [0.2, 0.25) is 5.04 Å². The summed E-state index contributed by atoms with van der Waals surface area (Å²) >= 11 is 0. The number of hydrogen-bond acceptors (Lipinski definition) is 10. The van der Waals surface area contributed by atoms with Crippen molar-refractivity contribution in [2.75, 3.05) is 13.2 Å². The highest BCUT2D eigenvalue weighted by Crippen LogP contribution is 2.40. The number of aromatic nitrogens is 4. The first kappa shape index (κ1) is 48.5. The predicted molar refractivity (Wildman–Crippen MR) is 292 cm³/mol. The van der Waals surface area contributed by atoms with E-state index >= 15 is 0 Å². The van der Waals surface area contributed by atoms with Gasteiger partial charge in [-0.2, -0.15) is 0 Å². The van der Waals surface area contributed by atoms with E-state index < -0.39 is 31.9 Å². The lowest BCUT2D eigenvalue weighted by atomic mass is 10.00. The summed E-state index contributed by atoms with van der Waals surface area (Å²) in [5.41, 5.74) is 5.02. The molecular weight excluding hydrogens is 961 g/mol. The molecule has 14 nitrogen and oxygen atoms in total. The average Bonchev–Trinajstić information content (AvgIpc) is 4.29. The molecule has 0 saturated heterocycles. The average molecular weight is 1010 g/mol. The number of hydrogen-bond donors (Lipinski definition) is 3. The molecule has 0 fully saturated rings. The van der Waals surface area contributed by atoms with Gasteiger partial charge in [0, 0.05) is 83.8 Å². The number of imide groups is 2. The zero-order chi connectivity index (χ0) is 51.8. The van der Waals surface area contributed by atoms with Crippen LogP contribution in [0, 0.1) is 0 Å². The van der Waals surface area contributed by atoms with E-state index in [-0.39, 0.29) is 28.4 Å². The van der Waals surface area contributed by atoms with Gasteiger partial charge >= 0.3 is 0 Å². The number of aliphatic hydroxyl groups excluding tert-OH is 1. The van der Waals surface area contributed by atoms with Crippen LogP contribution in [0.15, 0.2) is 179 Å². The third kappa shape index (κ3) is 8.79. The first-order valence-corrected chi connectivity index (χ1v) is 26.8. The topological polar surface area (TPSA) is 184 Å². The van der Waals surface area contributed by atoms with Crippen LogP contribution >= 0.6 is 0 Å². The van der Waals surface area contributed by atoms with E-state index in [1.807, 2.05) is 102 Å². The SMILES string of the molecule is CC(C)(C)[Si](OCCCn1cc(C2=C(c3cc4ccccc4o3)C(=O)NC2=O)c2cccnc21)(c1ccccc1)c1ccccc1.O=C1NC(=O)C(c2cn(CCCO)c3ncccc23)=C1c1cc2ccccc2o1. The van der Waals surface area contributed by atoms with Gasteiger partial charge in [-0.05, 0) is 76.8 Å². The Balaban J connectivity index is 0.000000178. The number of amides is 4. The number of benzene rings is 4. The summed E-state index contributed by atoms with van der Waals surface area (Å²) in [6.07, 6.45) is 8.44. The summed E-state index contributed by atoms with van der Waals surface area (Å²) in [5, 5.41) is 19.7. The maximum Gasteiger partial charge on any atom is 0.262 e. The molecule has 4 amide bonds. The normalized spacial score (nSPS) is 14.2. The van der Waals surface area contributed by atoms with E-state index in [4.69, 9.17) is 13.3 Å². The Bertz CT molecular complexity index is 3810. The number of aliphatic hydroxyl groups is 1. The summed E-state index contributed by atoms with van der Waals surface area (Å²) in [6, 6.07) is 47.3. The van der Waals surface area contributed by atoms with Crippen molar-refractivity contribution in [2.24, 2.45) is 0 Å². The molecule has 12 rings (SSSR count). The monoisotopic (exact) mass is 1010 g/mol. The molecule has 8 heterocycles. The Morgan fingerprint density at radius 2 is 0.973 bits per heavy atom. The molecule has 0 spiro atoms. The summed E-state index contributed by atoms with van der Waals surface area (Å²) in [6.45, 7) is 8.58. The fraction of sp³-hybridized carbons (Fsp3) is 0.167. The highest BCUT2D eigenvalue weighted by molar-refractivity contribution is 6.99. The zero-order valence-corrected chi connectivity index (χ0v) is 42.5. The molecule has 75 heavy (non-hydrogen) atoms. The minimum absolute atomic E-state index is 0.0493. The molecule has 2 aliphatic rings. The second kappa shape index (κ2) is 19.9. The lowest BCUT2D eigenvalue weighted by molar-refractivity contribution is -0.124. The van der Waals surface area contributed by atoms with E-state index in [1.165, 1.54) is 10.4 Å². The first-order chi connectivity index (χ1) is 36.4. The molecule has 374 valence electrons. The maximum atomic E-state index is 13.3. The molecule has 0 atom stereocenters. The van der Waals surface area contributed by atoms with Crippen molar-refractivity contribution < 1.29 is 37.5 Å². The quantitative estimate of drug-likeness (QED) is 0.0540. The van der Waals surface area contributed by atoms with Crippen molar-refractivity contribution >= 4 is 109 Å². The van der Waals surface area contributed by atoms with Gasteiger partial charge < -0.3 is 27.5 Å². The van der Waals surface area contributed by atoms with Gasteiger partial charge in [-0.25, -0.2) is 9.97 Å². The van der Waals surface area contributed by atoms with Crippen LogP contribution in [0.3, 0.4) is 0 Å². The largest absolute Gasteiger partial charge is 0.456 e. The highest BCUT2D eigenvalue weighted by Gasteiger charge is 2.50. The fourth-order valence-electron chi connectivity index (χ4n) is 10.6. The Hall–Kier alpha value is -8.76. The first-order valence-electron chi connectivity index (χ1n) is 24.9. The summed E-state index contributed by atoms with van der Waals surface area (Å²) in [7, 11) is -2.67. The van der Waals surface area contributed by atoms with Crippen molar-refractivity contribution in [2.45, 2.75) is 51.7 Å². The van der Waals surface area contributed by atoms with E-state index in [2.05, 4.69) is 94.5 Å². The van der Waals surface area contributed by atoms with E-state index in [9.17, 15) is 24.3 Å². The predicted octanol–water partition coefficient (Wildman–Crippen LogP) is 9.05. The summed E-state index contributed by atoms with van der Waals surface area (Å²) < 4.78 is 23.0. The van der Waals surface area contributed by atoms with Crippen molar-refractivity contribution in [3.8, 4) is 0 Å². The van der Waals surface area contributed by atoms with Gasteiger partial charge in [0.2, 0.25) is 0 Å². The van der Waals surface area contributed by atoms with Gasteiger partial charge in [0.25, 0.3) is 31.9 Å². The third-order valence-corrected chi connectivity index (χ3v) is 18.9. The van der Waals surface area contributed by atoms with E-state index in [0.29, 0.717) is 71.2 Å². The standard InChI is InChI=1S/C38H35N3O4Si.C22H17N3O4/c1-38(2,3)46(27-15-6-4-7-16-27,28-17-8-5-9-18-28)44-23-13-22-41-25-30(29-19-12-21-39-35(29)41)33-34(37(43)40-36(33)42)32-24-26-14-10-11-20-31(26)45-32;26-10-4-9-25-12-15(14-6-3-8-23-20(14)25)18-19(22(28)24-21(18)27)17-11-13-5-1-2-7-16(13)29-17/h4-12,14-21,24-25H,13,22-23H2,1-3H3,(H,40,42,43);1-3,5-8,11-12,26H,4,9-10H2,(H,24,27,28). The number of pyridine rings is 2. The number of carbonyl (C=O) groups is 4. The van der Waals surface area contributed by atoms with Gasteiger partial charge in [-0.15, -0.1) is 0 Å². The lowest BCUT2D eigenvalue weighted by Crippen LogP contribution is -2.66. The second-order valence-corrected chi connectivity index (χ2v) is 23.8. The molecule has 3 N–H and O–H groups in total. The number of nitrogens with one attached hydrogen (secondary N) is 2. The van der Waals surface area contributed by atoms with Gasteiger partial charge in [0.05, 0.1) is 22.3 Å². The molecule has 0 radical (unpaired) electrons. The van der Waals surface area contributed by atoms with Crippen LogP contribution in [0.25, 0.3) is 66.3 Å². The molecular formula is C60H52N6O8Si. The van der Waals surface area contributed by atoms with Crippen LogP contribution in [-0.2, 0) is 36.7 Å². The molecule has 15 heteroatoms. The second-order valence-electron chi connectivity index (χ2n) is 19.5. The zero-order valence-electron chi connectivity index (χ0n) is 41.5. The van der Waals surface area contributed by atoms with Crippen molar-refractivity contribution in [3.63, 3.8) is 0 Å². The van der Waals surface area contributed by atoms with Gasteiger partial charge in [0.15, 0.2) is 0 Å². The summed E-state index contributed by atoms with van der Waals surface area (Å²) in [5.74, 6) is -1.15. The number of aryl methyl sites for hydroxylation is 2. The van der Waals surface area contributed by atoms with Crippen molar-refractivity contribution in [3.05, 3.63) is 193 Å². The molecule has 0 saturated carbocycles. The number of fused-ring (bicyclic) bond motifs is 4.